The van der Waals surface area contributed by atoms with Crippen molar-refractivity contribution in [1.29, 1.82) is 0 Å². The lowest BCUT2D eigenvalue weighted by Gasteiger charge is -2.12. The van der Waals surface area contributed by atoms with Crippen molar-refractivity contribution < 1.29 is 19.0 Å². The zero-order valence-electron chi connectivity index (χ0n) is 13.4. The normalized spacial score (nSPS) is 12.0. The monoisotopic (exact) mass is 349 g/mol. The Bertz CT molecular complexity index is 664. The summed E-state index contributed by atoms with van der Waals surface area (Å²) in [5.41, 5.74) is 1.21. The van der Waals surface area contributed by atoms with Gasteiger partial charge in [0.2, 0.25) is 5.91 Å². The van der Waals surface area contributed by atoms with Crippen LogP contribution in [0.2, 0.25) is 0 Å². The molecule has 0 bridgehead atoms. The minimum atomic E-state index is -0.642. The lowest BCUT2D eigenvalue weighted by Crippen LogP contribution is -2.18. The first-order valence-electron chi connectivity index (χ1n) is 7.54. The molecule has 2 N–H and O–H groups in total. The summed E-state index contributed by atoms with van der Waals surface area (Å²) >= 11 is 1.49. The van der Waals surface area contributed by atoms with Crippen LogP contribution in [0.5, 0.6) is 0 Å². The van der Waals surface area contributed by atoms with Crippen LogP contribution in [0.4, 0.5) is 10.1 Å². The molecule has 2 aromatic rings. The van der Waals surface area contributed by atoms with E-state index in [1.807, 2.05) is 24.3 Å². The predicted octanol–water partition coefficient (Wildman–Crippen LogP) is 3.45. The number of amides is 1. The average Bonchev–Trinajstić information content (AvgIpc) is 2.55. The number of hydrogen-bond acceptors (Lipinski definition) is 4. The van der Waals surface area contributed by atoms with Crippen LogP contribution in [0.3, 0.4) is 0 Å². The molecular weight excluding hydrogens is 329 g/mol. The molecule has 24 heavy (non-hydrogen) atoms. The number of rotatable bonds is 8. The minimum absolute atomic E-state index is 0.113. The SMILES string of the molecule is CC(=O)Nc1ccc(SCC(O)COCc2ccccc2F)cc1. The third kappa shape index (κ3) is 6.31. The van der Waals surface area contributed by atoms with E-state index in [-0.39, 0.29) is 24.9 Å². The van der Waals surface area contributed by atoms with E-state index in [4.69, 9.17) is 4.74 Å². The van der Waals surface area contributed by atoms with E-state index in [1.54, 1.807) is 18.2 Å². The van der Waals surface area contributed by atoms with Gasteiger partial charge in [0.1, 0.15) is 5.82 Å². The van der Waals surface area contributed by atoms with Crippen molar-refractivity contribution >= 4 is 23.4 Å². The highest BCUT2D eigenvalue weighted by molar-refractivity contribution is 7.99. The van der Waals surface area contributed by atoms with Gasteiger partial charge in [-0.3, -0.25) is 4.79 Å². The molecule has 0 spiro atoms. The van der Waals surface area contributed by atoms with Gasteiger partial charge in [-0.2, -0.15) is 0 Å². The Labute approximate surface area is 145 Å². The second-order valence-corrected chi connectivity index (χ2v) is 6.37. The van der Waals surface area contributed by atoms with Gasteiger partial charge in [-0.05, 0) is 30.3 Å². The molecule has 0 aliphatic heterocycles. The summed E-state index contributed by atoms with van der Waals surface area (Å²) < 4.78 is 18.8. The summed E-state index contributed by atoms with van der Waals surface area (Å²) in [5, 5.41) is 12.6. The molecule has 2 aromatic carbocycles. The van der Waals surface area contributed by atoms with Gasteiger partial charge in [0.05, 0.1) is 19.3 Å². The smallest absolute Gasteiger partial charge is 0.221 e. The van der Waals surface area contributed by atoms with Crippen LogP contribution < -0.4 is 5.32 Å². The molecule has 1 unspecified atom stereocenters. The Balaban J connectivity index is 1.70. The molecule has 0 aliphatic rings. The quantitative estimate of drug-likeness (QED) is 0.717. The molecule has 0 aromatic heterocycles. The van der Waals surface area contributed by atoms with Crippen LogP contribution in [0.15, 0.2) is 53.4 Å². The number of carbonyl (C=O) groups excluding carboxylic acids is 1. The molecule has 0 fully saturated rings. The highest BCUT2D eigenvalue weighted by atomic mass is 32.2. The molecule has 1 atom stereocenters. The number of anilines is 1. The Morgan fingerprint density at radius 2 is 1.96 bits per heavy atom. The van der Waals surface area contributed by atoms with E-state index in [9.17, 15) is 14.3 Å². The number of aliphatic hydroxyl groups is 1. The molecule has 2 rings (SSSR count). The van der Waals surface area contributed by atoms with Gasteiger partial charge in [0.25, 0.3) is 0 Å². The fraction of sp³-hybridized carbons (Fsp3) is 0.278. The first-order chi connectivity index (χ1) is 11.5. The van der Waals surface area contributed by atoms with Crippen LogP contribution in [-0.4, -0.2) is 29.5 Å². The van der Waals surface area contributed by atoms with Gasteiger partial charge in [-0.1, -0.05) is 18.2 Å². The van der Waals surface area contributed by atoms with Gasteiger partial charge < -0.3 is 15.2 Å². The van der Waals surface area contributed by atoms with Crippen molar-refractivity contribution in [2.75, 3.05) is 17.7 Å². The van der Waals surface area contributed by atoms with Crippen LogP contribution in [0.1, 0.15) is 12.5 Å². The second kappa shape index (κ2) is 9.42. The molecular formula is C18H20FNO3S. The van der Waals surface area contributed by atoms with Gasteiger partial charge in [-0.15, -0.1) is 11.8 Å². The summed E-state index contributed by atoms with van der Waals surface area (Å²) in [6.07, 6.45) is -0.642. The molecule has 0 aliphatic carbocycles. The van der Waals surface area contributed by atoms with Crippen LogP contribution in [-0.2, 0) is 16.1 Å². The van der Waals surface area contributed by atoms with E-state index in [0.29, 0.717) is 11.3 Å². The van der Waals surface area contributed by atoms with Crippen molar-refractivity contribution in [2.24, 2.45) is 0 Å². The maximum absolute atomic E-state index is 13.4. The lowest BCUT2D eigenvalue weighted by atomic mass is 10.2. The van der Waals surface area contributed by atoms with Crippen molar-refractivity contribution in [1.82, 2.24) is 0 Å². The fourth-order valence-corrected chi connectivity index (χ4v) is 2.81. The van der Waals surface area contributed by atoms with Gasteiger partial charge in [-0.25, -0.2) is 4.39 Å². The van der Waals surface area contributed by atoms with E-state index < -0.39 is 6.10 Å². The number of thioether (sulfide) groups is 1. The highest BCUT2D eigenvalue weighted by Gasteiger charge is 2.07. The first kappa shape index (κ1) is 18.4. The number of carbonyl (C=O) groups is 1. The third-order valence-corrected chi connectivity index (χ3v) is 4.30. The number of ether oxygens (including phenoxy) is 1. The first-order valence-corrected chi connectivity index (χ1v) is 8.53. The summed E-state index contributed by atoms with van der Waals surface area (Å²) in [6.45, 7) is 1.74. The lowest BCUT2D eigenvalue weighted by molar-refractivity contribution is -0.114. The topological polar surface area (TPSA) is 58.6 Å². The molecule has 0 radical (unpaired) electrons. The summed E-state index contributed by atoms with van der Waals surface area (Å²) in [6, 6.07) is 13.8. The van der Waals surface area contributed by atoms with E-state index >= 15 is 0 Å². The minimum Gasteiger partial charge on any atom is -0.390 e. The molecule has 4 nitrogen and oxygen atoms in total. The second-order valence-electron chi connectivity index (χ2n) is 5.28. The Kier molecular flexibility index (Phi) is 7.24. The molecule has 0 saturated carbocycles. The van der Waals surface area contributed by atoms with Crippen molar-refractivity contribution in [3.63, 3.8) is 0 Å². The molecule has 6 heteroatoms. The standard InChI is InChI=1S/C18H20FNO3S/c1-13(21)20-15-6-8-17(9-7-15)24-12-16(22)11-23-10-14-4-2-3-5-18(14)19/h2-9,16,22H,10-12H2,1H3,(H,20,21). The van der Waals surface area contributed by atoms with Crippen molar-refractivity contribution in [3.05, 3.63) is 59.9 Å². The van der Waals surface area contributed by atoms with Crippen LogP contribution in [0.25, 0.3) is 0 Å². The van der Waals surface area contributed by atoms with Crippen molar-refractivity contribution in [2.45, 2.75) is 24.5 Å². The van der Waals surface area contributed by atoms with Crippen molar-refractivity contribution in [3.8, 4) is 0 Å². The molecule has 0 heterocycles. The maximum Gasteiger partial charge on any atom is 0.221 e. The van der Waals surface area contributed by atoms with Gasteiger partial charge >= 0.3 is 0 Å². The molecule has 0 saturated heterocycles. The summed E-state index contributed by atoms with van der Waals surface area (Å²) in [5.74, 6) is 0.0509. The Morgan fingerprint density at radius 1 is 1.25 bits per heavy atom. The number of halogens is 1. The van der Waals surface area contributed by atoms with E-state index in [0.717, 1.165) is 10.6 Å². The number of benzene rings is 2. The summed E-state index contributed by atoms with van der Waals surface area (Å²) in [7, 11) is 0. The zero-order valence-corrected chi connectivity index (χ0v) is 14.2. The Hall–Kier alpha value is -1.89. The zero-order chi connectivity index (χ0) is 17.4. The third-order valence-electron chi connectivity index (χ3n) is 3.14. The van der Waals surface area contributed by atoms with Crippen LogP contribution in [0, 0.1) is 5.82 Å². The number of hydrogen-bond donors (Lipinski definition) is 2. The molecule has 1 amide bonds. The number of nitrogens with one attached hydrogen (secondary N) is 1. The van der Waals surface area contributed by atoms with Crippen LogP contribution >= 0.6 is 11.8 Å². The largest absolute Gasteiger partial charge is 0.390 e. The Morgan fingerprint density at radius 3 is 2.62 bits per heavy atom. The van der Waals surface area contributed by atoms with Gasteiger partial charge in [0, 0.05) is 28.8 Å². The van der Waals surface area contributed by atoms with E-state index in [1.165, 1.54) is 24.8 Å². The summed E-state index contributed by atoms with van der Waals surface area (Å²) in [4.78, 5) is 11.9. The fourth-order valence-electron chi connectivity index (χ4n) is 2.00. The van der Waals surface area contributed by atoms with E-state index in [2.05, 4.69) is 5.32 Å². The number of aliphatic hydroxyl groups excluding tert-OH is 1. The predicted molar refractivity (Wildman–Crippen MR) is 93.5 cm³/mol. The maximum atomic E-state index is 13.4. The average molecular weight is 349 g/mol. The highest BCUT2D eigenvalue weighted by Crippen LogP contribution is 2.21. The molecule has 128 valence electrons. The van der Waals surface area contributed by atoms with Gasteiger partial charge in [0.15, 0.2) is 0 Å².